The maximum absolute atomic E-state index is 13.1. The third-order valence-electron chi connectivity index (χ3n) is 4.51. The molecule has 0 aromatic heterocycles. The Morgan fingerprint density at radius 3 is 2.44 bits per heavy atom. The fraction of sp³-hybridized carbons (Fsp3) is 0.400. The molecule has 0 bridgehead atoms. The van der Waals surface area contributed by atoms with Crippen LogP contribution < -0.4 is 14.4 Å². The highest BCUT2D eigenvalue weighted by Gasteiger charge is 2.15. The fourth-order valence-electron chi connectivity index (χ4n) is 3.13. The van der Waals surface area contributed by atoms with Gasteiger partial charge < -0.3 is 14.4 Å². The predicted molar refractivity (Wildman–Crippen MR) is 98.2 cm³/mol. The minimum absolute atomic E-state index is 0.186. The summed E-state index contributed by atoms with van der Waals surface area (Å²) in [5.74, 6) is 1.36. The van der Waals surface area contributed by atoms with Gasteiger partial charge in [0.05, 0.1) is 7.11 Å². The first-order valence-electron chi connectivity index (χ1n) is 8.75. The van der Waals surface area contributed by atoms with Gasteiger partial charge in [-0.1, -0.05) is 12.1 Å². The molecule has 1 heterocycles. The van der Waals surface area contributed by atoms with Gasteiger partial charge in [0.1, 0.15) is 12.4 Å². The Balaban J connectivity index is 1.47. The molecule has 25 heavy (non-hydrogen) atoms. The van der Waals surface area contributed by atoms with Crippen LogP contribution in [0.4, 0.5) is 10.1 Å². The highest BCUT2D eigenvalue weighted by molar-refractivity contribution is 5.46. The van der Waals surface area contributed by atoms with Gasteiger partial charge in [-0.15, -0.1) is 0 Å². The molecule has 1 fully saturated rings. The van der Waals surface area contributed by atoms with Crippen molar-refractivity contribution in [3.63, 3.8) is 0 Å². The van der Waals surface area contributed by atoms with Crippen molar-refractivity contribution < 1.29 is 13.9 Å². The van der Waals surface area contributed by atoms with Crippen LogP contribution in [0.15, 0.2) is 48.5 Å². The van der Waals surface area contributed by atoms with E-state index >= 15 is 0 Å². The van der Waals surface area contributed by atoms with E-state index in [1.807, 2.05) is 36.4 Å². The molecule has 0 radical (unpaired) electrons. The molecule has 0 aliphatic carbocycles. The monoisotopic (exact) mass is 344 g/mol. The zero-order valence-electron chi connectivity index (χ0n) is 14.7. The molecule has 1 saturated heterocycles. The van der Waals surface area contributed by atoms with Gasteiger partial charge in [-0.3, -0.25) is 4.90 Å². The van der Waals surface area contributed by atoms with E-state index in [9.17, 15) is 4.39 Å². The Labute approximate surface area is 148 Å². The molecule has 0 amide bonds. The number of methoxy groups -OCH3 is 1. The van der Waals surface area contributed by atoms with E-state index in [1.54, 1.807) is 7.11 Å². The number of para-hydroxylation sites is 2. The Hall–Kier alpha value is -2.27. The molecule has 4 nitrogen and oxygen atoms in total. The zero-order chi connectivity index (χ0) is 17.5. The van der Waals surface area contributed by atoms with Crippen LogP contribution in [0.5, 0.6) is 11.5 Å². The van der Waals surface area contributed by atoms with Crippen LogP contribution in [0.3, 0.4) is 0 Å². The van der Waals surface area contributed by atoms with Crippen LogP contribution in [0.25, 0.3) is 0 Å². The largest absolute Gasteiger partial charge is 0.493 e. The quantitative estimate of drug-likeness (QED) is 0.802. The lowest BCUT2D eigenvalue weighted by molar-refractivity contribution is 0.213. The molecule has 2 aromatic carbocycles. The van der Waals surface area contributed by atoms with E-state index in [0.717, 1.165) is 56.3 Å². The Kier molecular flexibility index (Phi) is 6.12. The standard InChI is InChI=1S/C20H25FN2O2/c1-24-19-5-2-3-6-20(19)25-16-15-22-11-4-12-23(14-13-22)18-9-7-17(21)8-10-18/h2-3,5-10H,4,11-16H2,1H3. The summed E-state index contributed by atoms with van der Waals surface area (Å²) in [4.78, 5) is 4.74. The SMILES string of the molecule is COc1ccccc1OCCN1CCCN(c2ccc(F)cc2)CC1. The molecule has 0 N–H and O–H groups in total. The summed E-state index contributed by atoms with van der Waals surface area (Å²) >= 11 is 0. The van der Waals surface area contributed by atoms with Crippen molar-refractivity contribution in [1.29, 1.82) is 0 Å². The topological polar surface area (TPSA) is 24.9 Å². The van der Waals surface area contributed by atoms with Crippen molar-refractivity contribution in [2.75, 3.05) is 51.3 Å². The van der Waals surface area contributed by atoms with Crippen molar-refractivity contribution >= 4 is 5.69 Å². The van der Waals surface area contributed by atoms with Crippen molar-refractivity contribution in [2.24, 2.45) is 0 Å². The number of hydrogen-bond donors (Lipinski definition) is 0. The highest BCUT2D eigenvalue weighted by Crippen LogP contribution is 2.25. The summed E-state index contributed by atoms with van der Waals surface area (Å²) in [5.41, 5.74) is 1.09. The summed E-state index contributed by atoms with van der Waals surface area (Å²) in [6.07, 6.45) is 1.09. The molecule has 3 rings (SSSR count). The van der Waals surface area contributed by atoms with E-state index in [2.05, 4.69) is 9.80 Å². The molecule has 0 spiro atoms. The Morgan fingerprint density at radius 1 is 0.920 bits per heavy atom. The first kappa shape index (κ1) is 17.5. The number of anilines is 1. The molecular formula is C20H25FN2O2. The lowest BCUT2D eigenvalue weighted by Gasteiger charge is -2.23. The third-order valence-corrected chi connectivity index (χ3v) is 4.51. The lowest BCUT2D eigenvalue weighted by atomic mass is 10.2. The first-order valence-corrected chi connectivity index (χ1v) is 8.75. The van der Waals surface area contributed by atoms with Gasteiger partial charge in [0.25, 0.3) is 0 Å². The summed E-state index contributed by atoms with van der Waals surface area (Å²) < 4.78 is 24.3. The minimum atomic E-state index is -0.186. The molecule has 134 valence electrons. The van der Waals surface area contributed by atoms with Gasteiger partial charge in [-0.2, -0.15) is 0 Å². The Morgan fingerprint density at radius 2 is 1.68 bits per heavy atom. The fourth-order valence-corrected chi connectivity index (χ4v) is 3.13. The van der Waals surface area contributed by atoms with Gasteiger partial charge in [0.15, 0.2) is 11.5 Å². The number of benzene rings is 2. The van der Waals surface area contributed by atoms with Gasteiger partial charge in [-0.25, -0.2) is 4.39 Å². The Bertz CT molecular complexity index is 663. The zero-order valence-corrected chi connectivity index (χ0v) is 14.7. The highest BCUT2D eigenvalue weighted by atomic mass is 19.1. The summed E-state index contributed by atoms with van der Waals surface area (Å²) in [5, 5.41) is 0. The number of hydrogen-bond acceptors (Lipinski definition) is 4. The number of ether oxygens (including phenoxy) is 2. The molecular weight excluding hydrogens is 319 g/mol. The van der Waals surface area contributed by atoms with Crippen LogP contribution in [-0.2, 0) is 0 Å². The van der Waals surface area contributed by atoms with E-state index in [-0.39, 0.29) is 5.82 Å². The molecule has 0 atom stereocenters. The third kappa shape index (κ3) is 4.86. The molecule has 2 aromatic rings. The van der Waals surface area contributed by atoms with Crippen LogP contribution >= 0.6 is 0 Å². The van der Waals surface area contributed by atoms with Gasteiger partial charge >= 0.3 is 0 Å². The van der Waals surface area contributed by atoms with E-state index < -0.39 is 0 Å². The average Bonchev–Trinajstić information content (AvgIpc) is 2.88. The number of halogens is 1. The average molecular weight is 344 g/mol. The van der Waals surface area contributed by atoms with Crippen molar-refractivity contribution in [2.45, 2.75) is 6.42 Å². The van der Waals surface area contributed by atoms with E-state index in [1.165, 1.54) is 12.1 Å². The molecule has 0 saturated carbocycles. The second-order valence-electron chi connectivity index (χ2n) is 6.16. The number of nitrogens with zero attached hydrogens (tertiary/aromatic N) is 2. The number of rotatable bonds is 6. The van der Waals surface area contributed by atoms with Gasteiger partial charge in [0, 0.05) is 38.4 Å². The van der Waals surface area contributed by atoms with E-state index in [0.29, 0.717) is 6.61 Å². The smallest absolute Gasteiger partial charge is 0.161 e. The van der Waals surface area contributed by atoms with Crippen molar-refractivity contribution in [1.82, 2.24) is 4.90 Å². The van der Waals surface area contributed by atoms with Gasteiger partial charge in [-0.05, 0) is 42.8 Å². The summed E-state index contributed by atoms with van der Waals surface area (Å²) in [7, 11) is 1.65. The second-order valence-corrected chi connectivity index (χ2v) is 6.16. The summed E-state index contributed by atoms with van der Waals surface area (Å²) in [6.45, 7) is 5.49. The maximum atomic E-state index is 13.1. The van der Waals surface area contributed by atoms with Crippen molar-refractivity contribution in [3.05, 3.63) is 54.3 Å². The molecule has 1 aliphatic heterocycles. The summed E-state index contributed by atoms with van der Waals surface area (Å²) in [6, 6.07) is 14.5. The van der Waals surface area contributed by atoms with Crippen LogP contribution in [-0.4, -0.2) is 51.3 Å². The van der Waals surface area contributed by atoms with Gasteiger partial charge in [0.2, 0.25) is 0 Å². The van der Waals surface area contributed by atoms with Crippen LogP contribution in [0.2, 0.25) is 0 Å². The molecule has 0 unspecified atom stereocenters. The normalized spacial score (nSPS) is 15.7. The minimum Gasteiger partial charge on any atom is -0.493 e. The second kappa shape index (κ2) is 8.72. The predicted octanol–water partition coefficient (Wildman–Crippen LogP) is 3.43. The van der Waals surface area contributed by atoms with Crippen LogP contribution in [0, 0.1) is 5.82 Å². The first-order chi connectivity index (χ1) is 12.3. The van der Waals surface area contributed by atoms with E-state index in [4.69, 9.17) is 9.47 Å². The molecule has 1 aliphatic rings. The van der Waals surface area contributed by atoms with Crippen LogP contribution in [0.1, 0.15) is 6.42 Å². The molecule has 5 heteroatoms. The maximum Gasteiger partial charge on any atom is 0.161 e. The van der Waals surface area contributed by atoms with Crippen molar-refractivity contribution in [3.8, 4) is 11.5 Å². The lowest BCUT2D eigenvalue weighted by Crippen LogP contribution is -2.33.